The molecule has 0 amide bonds. The Morgan fingerprint density at radius 2 is 1.90 bits per heavy atom. The molecule has 3 rings (SSSR count). The molecule has 6 nitrogen and oxygen atoms in total. The molecule has 0 bridgehead atoms. The van der Waals surface area contributed by atoms with Crippen LogP contribution in [0.25, 0.3) is 0 Å². The molecule has 7 heteroatoms. The predicted molar refractivity (Wildman–Crippen MR) is 119 cm³/mol. The zero-order chi connectivity index (χ0) is 22.4. The Hall–Kier alpha value is -1.67. The quantitative estimate of drug-likeness (QED) is 0.543. The van der Waals surface area contributed by atoms with Gasteiger partial charge in [-0.25, -0.2) is 0 Å². The third-order valence-corrected chi connectivity index (χ3v) is 5.87. The Bertz CT molecular complexity index is 825. The van der Waals surface area contributed by atoms with Crippen LogP contribution in [0.1, 0.15) is 42.6 Å². The van der Waals surface area contributed by atoms with E-state index < -0.39 is 18.3 Å². The van der Waals surface area contributed by atoms with Gasteiger partial charge in [0, 0.05) is 25.0 Å². The molecule has 0 aliphatic carbocycles. The van der Waals surface area contributed by atoms with E-state index in [-0.39, 0.29) is 18.8 Å². The molecule has 0 radical (unpaired) electrons. The lowest BCUT2D eigenvalue weighted by atomic mass is 9.94. The number of hydrogen-bond donors (Lipinski definition) is 3. The summed E-state index contributed by atoms with van der Waals surface area (Å²) in [6.45, 7) is 1.87. The standard InChI is InChI=1S/C24H31ClO6/c1-15(27)24(14-29-2)30-20-6-3-16(4-7-20)9-18-10-17(5-8-22(18)25)23-12-19(28)11-21(13-26)31-23/h3-8,10,15,19,21,23-24,26-28H,9,11-14H2,1-2H3/t15?,19-,21-,23+,24?/m0/s1. The zero-order valence-electron chi connectivity index (χ0n) is 17.9. The first kappa shape index (κ1) is 24.0. The molecule has 5 atom stereocenters. The van der Waals surface area contributed by atoms with E-state index in [4.69, 9.17) is 25.8 Å². The average Bonchev–Trinajstić information content (AvgIpc) is 2.75. The number of hydrogen-bond acceptors (Lipinski definition) is 6. The van der Waals surface area contributed by atoms with E-state index in [0.29, 0.717) is 36.6 Å². The first-order valence-electron chi connectivity index (χ1n) is 10.5. The Morgan fingerprint density at radius 1 is 1.16 bits per heavy atom. The second-order valence-corrected chi connectivity index (χ2v) is 8.49. The predicted octanol–water partition coefficient (Wildman–Crippen LogP) is 3.28. The van der Waals surface area contributed by atoms with Crippen LogP contribution in [0.2, 0.25) is 5.02 Å². The van der Waals surface area contributed by atoms with Crippen molar-refractivity contribution in [2.45, 2.75) is 56.7 Å². The van der Waals surface area contributed by atoms with Crippen molar-refractivity contribution in [2.24, 2.45) is 0 Å². The number of aliphatic hydroxyl groups excluding tert-OH is 3. The molecule has 0 spiro atoms. The Kier molecular flexibility index (Phi) is 8.72. The van der Waals surface area contributed by atoms with Gasteiger partial charge >= 0.3 is 0 Å². The van der Waals surface area contributed by atoms with Crippen LogP contribution in [0.3, 0.4) is 0 Å². The molecular weight excluding hydrogens is 420 g/mol. The molecule has 1 saturated heterocycles. The van der Waals surface area contributed by atoms with Crippen molar-refractivity contribution < 1.29 is 29.5 Å². The summed E-state index contributed by atoms with van der Waals surface area (Å²) >= 11 is 6.44. The first-order chi connectivity index (χ1) is 14.9. The fraction of sp³-hybridized carbons (Fsp3) is 0.500. The Morgan fingerprint density at radius 3 is 2.55 bits per heavy atom. The number of aliphatic hydroxyl groups is 3. The summed E-state index contributed by atoms with van der Waals surface area (Å²) in [7, 11) is 1.57. The normalized spacial score (nSPS) is 23.4. The van der Waals surface area contributed by atoms with Crippen LogP contribution in [-0.4, -0.2) is 60.1 Å². The summed E-state index contributed by atoms with van der Waals surface area (Å²) < 4.78 is 16.8. The molecule has 1 heterocycles. The minimum Gasteiger partial charge on any atom is -0.485 e. The monoisotopic (exact) mass is 450 g/mol. The van der Waals surface area contributed by atoms with Crippen molar-refractivity contribution in [1.82, 2.24) is 0 Å². The van der Waals surface area contributed by atoms with Gasteiger partial charge in [0.1, 0.15) is 11.9 Å². The van der Waals surface area contributed by atoms with Crippen LogP contribution in [-0.2, 0) is 15.9 Å². The smallest absolute Gasteiger partial charge is 0.147 e. The second kappa shape index (κ2) is 11.3. The van der Waals surface area contributed by atoms with Gasteiger partial charge in [-0.05, 0) is 48.2 Å². The van der Waals surface area contributed by atoms with Crippen molar-refractivity contribution in [3.8, 4) is 5.75 Å². The summed E-state index contributed by atoms with van der Waals surface area (Å²) in [6, 6.07) is 13.4. The average molecular weight is 451 g/mol. The van der Waals surface area contributed by atoms with Crippen LogP contribution in [0.5, 0.6) is 5.75 Å². The number of benzene rings is 2. The minimum absolute atomic E-state index is 0.108. The fourth-order valence-corrected chi connectivity index (χ4v) is 3.95. The number of rotatable bonds is 9. The van der Waals surface area contributed by atoms with Gasteiger partial charge in [0.25, 0.3) is 0 Å². The van der Waals surface area contributed by atoms with E-state index in [1.165, 1.54) is 0 Å². The minimum atomic E-state index is -0.646. The Balaban J connectivity index is 1.70. The van der Waals surface area contributed by atoms with Crippen molar-refractivity contribution in [1.29, 1.82) is 0 Å². The van der Waals surface area contributed by atoms with Crippen LogP contribution in [0, 0.1) is 0 Å². The van der Waals surface area contributed by atoms with Crippen LogP contribution in [0.15, 0.2) is 42.5 Å². The second-order valence-electron chi connectivity index (χ2n) is 8.08. The van der Waals surface area contributed by atoms with Crippen molar-refractivity contribution in [3.05, 3.63) is 64.2 Å². The van der Waals surface area contributed by atoms with E-state index in [0.717, 1.165) is 16.7 Å². The molecule has 31 heavy (non-hydrogen) atoms. The molecule has 0 aromatic heterocycles. The summed E-state index contributed by atoms with van der Waals surface area (Å²) in [4.78, 5) is 0. The molecule has 1 aliphatic rings. The van der Waals surface area contributed by atoms with Gasteiger partial charge < -0.3 is 29.5 Å². The number of ether oxygens (including phenoxy) is 3. The van der Waals surface area contributed by atoms with Crippen molar-refractivity contribution >= 4 is 11.6 Å². The fourth-order valence-electron chi connectivity index (χ4n) is 3.77. The largest absolute Gasteiger partial charge is 0.485 e. The highest BCUT2D eigenvalue weighted by Gasteiger charge is 2.29. The van der Waals surface area contributed by atoms with Gasteiger partial charge in [-0.1, -0.05) is 35.9 Å². The highest BCUT2D eigenvalue weighted by atomic mass is 35.5. The third kappa shape index (κ3) is 6.65. The summed E-state index contributed by atoms with van der Waals surface area (Å²) in [5.74, 6) is 0.659. The molecule has 1 fully saturated rings. The van der Waals surface area contributed by atoms with Gasteiger partial charge in [0.05, 0.1) is 37.6 Å². The van der Waals surface area contributed by atoms with Crippen LogP contribution < -0.4 is 4.74 Å². The van der Waals surface area contributed by atoms with E-state index in [1.54, 1.807) is 14.0 Å². The van der Waals surface area contributed by atoms with Gasteiger partial charge in [-0.3, -0.25) is 0 Å². The van der Waals surface area contributed by atoms with Crippen LogP contribution >= 0.6 is 11.6 Å². The Labute approximate surface area is 188 Å². The molecule has 0 saturated carbocycles. The lowest BCUT2D eigenvalue weighted by molar-refractivity contribution is -0.113. The van der Waals surface area contributed by atoms with Crippen molar-refractivity contribution in [3.63, 3.8) is 0 Å². The topological polar surface area (TPSA) is 88.4 Å². The molecular formula is C24H31ClO6. The molecule has 2 unspecified atom stereocenters. The van der Waals surface area contributed by atoms with Crippen molar-refractivity contribution in [2.75, 3.05) is 20.3 Å². The third-order valence-electron chi connectivity index (χ3n) is 5.50. The lowest BCUT2D eigenvalue weighted by Gasteiger charge is -2.32. The summed E-state index contributed by atoms with van der Waals surface area (Å²) in [5.41, 5.74) is 2.96. The molecule has 170 valence electrons. The maximum absolute atomic E-state index is 10.1. The maximum atomic E-state index is 10.1. The highest BCUT2D eigenvalue weighted by molar-refractivity contribution is 6.31. The molecule has 2 aromatic carbocycles. The van der Waals surface area contributed by atoms with E-state index in [2.05, 4.69) is 0 Å². The molecule has 1 aliphatic heterocycles. The van der Waals surface area contributed by atoms with Gasteiger partial charge in [-0.15, -0.1) is 0 Å². The van der Waals surface area contributed by atoms with Gasteiger partial charge in [0.2, 0.25) is 0 Å². The number of halogens is 1. The van der Waals surface area contributed by atoms with Crippen LogP contribution in [0.4, 0.5) is 0 Å². The maximum Gasteiger partial charge on any atom is 0.147 e. The zero-order valence-corrected chi connectivity index (χ0v) is 18.7. The summed E-state index contributed by atoms with van der Waals surface area (Å²) in [5, 5.41) is 30.0. The SMILES string of the molecule is COCC(Oc1ccc(Cc2cc([C@H]3C[C@@H](O)C[C@@H](CO)O3)ccc2Cl)cc1)C(C)O. The first-order valence-corrected chi connectivity index (χ1v) is 10.9. The summed E-state index contributed by atoms with van der Waals surface area (Å²) in [6.07, 6.45) is -0.634. The van der Waals surface area contributed by atoms with Gasteiger partial charge in [-0.2, -0.15) is 0 Å². The molecule has 3 N–H and O–H groups in total. The van der Waals surface area contributed by atoms with E-state index in [9.17, 15) is 15.3 Å². The highest BCUT2D eigenvalue weighted by Crippen LogP contribution is 2.33. The number of methoxy groups -OCH3 is 1. The lowest BCUT2D eigenvalue weighted by Crippen LogP contribution is -2.33. The molecule has 2 aromatic rings. The van der Waals surface area contributed by atoms with E-state index in [1.807, 2.05) is 42.5 Å². The van der Waals surface area contributed by atoms with E-state index >= 15 is 0 Å². The van der Waals surface area contributed by atoms with Gasteiger partial charge in [0.15, 0.2) is 0 Å².